The van der Waals surface area contributed by atoms with Gasteiger partial charge in [-0.3, -0.25) is 9.59 Å². The van der Waals surface area contributed by atoms with Gasteiger partial charge >= 0.3 is 0 Å². The van der Waals surface area contributed by atoms with Crippen LogP contribution in [-0.2, 0) is 0 Å². The van der Waals surface area contributed by atoms with Gasteiger partial charge in [0, 0.05) is 36.9 Å². The highest BCUT2D eigenvalue weighted by atomic mass is 35.5. The van der Waals surface area contributed by atoms with E-state index >= 15 is 0 Å². The quantitative estimate of drug-likeness (QED) is 0.831. The first-order valence-electron chi connectivity index (χ1n) is 6.16. The zero-order chi connectivity index (χ0) is 13.1. The molecule has 1 aromatic rings. The Kier molecular flexibility index (Phi) is 4.07. The molecule has 0 radical (unpaired) electrons. The Morgan fingerprint density at radius 1 is 1.61 bits per heavy atom. The number of hydrogen-bond donors (Lipinski definition) is 1. The molecule has 18 heavy (non-hydrogen) atoms. The summed E-state index contributed by atoms with van der Waals surface area (Å²) >= 11 is 5.84. The number of pyridine rings is 1. The zero-order valence-electron chi connectivity index (χ0n) is 10.4. The third-order valence-electron chi connectivity index (χ3n) is 3.31. The molecule has 1 aliphatic heterocycles. The molecule has 1 N–H and O–H groups in total. The van der Waals surface area contributed by atoms with Crippen LogP contribution in [-0.4, -0.2) is 34.8 Å². The van der Waals surface area contributed by atoms with Gasteiger partial charge in [-0.1, -0.05) is 0 Å². The SMILES string of the molecule is Cc1cc(=O)c(C(=O)N2CCCC(CCl)C2)c[nH]1. The van der Waals surface area contributed by atoms with Crippen molar-refractivity contribution in [2.75, 3.05) is 19.0 Å². The molecule has 98 valence electrons. The Hall–Kier alpha value is -1.29. The summed E-state index contributed by atoms with van der Waals surface area (Å²) in [5.41, 5.74) is 0.758. The molecular weight excluding hydrogens is 252 g/mol. The van der Waals surface area contributed by atoms with Crippen LogP contribution in [0.15, 0.2) is 17.1 Å². The first-order chi connectivity index (χ1) is 8.61. The molecule has 0 spiro atoms. The van der Waals surface area contributed by atoms with Gasteiger partial charge in [0.1, 0.15) is 5.56 Å². The monoisotopic (exact) mass is 268 g/mol. The van der Waals surface area contributed by atoms with E-state index in [-0.39, 0.29) is 16.9 Å². The number of carbonyl (C=O) groups is 1. The number of carbonyl (C=O) groups excluding carboxylic acids is 1. The van der Waals surface area contributed by atoms with Crippen molar-refractivity contribution in [3.63, 3.8) is 0 Å². The van der Waals surface area contributed by atoms with Crippen molar-refractivity contribution in [2.45, 2.75) is 19.8 Å². The maximum atomic E-state index is 12.3. The lowest BCUT2D eigenvalue weighted by Gasteiger charge is -2.31. The normalized spacial score (nSPS) is 19.9. The number of rotatable bonds is 2. The molecule has 4 nitrogen and oxygen atoms in total. The summed E-state index contributed by atoms with van der Waals surface area (Å²) in [5, 5.41) is 0. The second kappa shape index (κ2) is 5.57. The highest BCUT2D eigenvalue weighted by Crippen LogP contribution is 2.18. The number of H-pyrrole nitrogens is 1. The number of nitrogens with zero attached hydrogens (tertiary/aromatic N) is 1. The van der Waals surface area contributed by atoms with Crippen LogP contribution in [0.4, 0.5) is 0 Å². The van der Waals surface area contributed by atoms with Crippen molar-refractivity contribution in [3.05, 3.63) is 33.7 Å². The third-order valence-corrected chi connectivity index (χ3v) is 3.75. The molecule has 1 atom stereocenters. The van der Waals surface area contributed by atoms with Crippen LogP contribution in [0, 0.1) is 12.8 Å². The van der Waals surface area contributed by atoms with E-state index in [0.717, 1.165) is 18.5 Å². The van der Waals surface area contributed by atoms with E-state index in [9.17, 15) is 9.59 Å². The molecule has 2 rings (SSSR count). The third kappa shape index (κ3) is 2.75. The van der Waals surface area contributed by atoms with Gasteiger partial charge in [0.15, 0.2) is 5.43 Å². The summed E-state index contributed by atoms with van der Waals surface area (Å²) < 4.78 is 0. The van der Waals surface area contributed by atoms with Gasteiger partial charge in [0.25, 0.3) is 5.91 Å². The molecule has 1 unspecified atom stereocenters. The summed E-state index contributed by atoms with van der Waals surface area (Å²) in [7, 11) is 0. The summed E-state index contributed by atoms with van der Waals surface area (Å²) in [6.07, 6.45) is 3.51. The standard InChI is InChI=1S/C13H17ClN2O2/c1-9-5-12(17)11(7-15-9)13(18)16-4-2-3-10(6-14)8-16/h5,7,10H,2-4,6,8H2,1H3,(H,15,17). The minimum Gasteiger partial charge on any atom is -0.364 e. The average Bonchev–Trinajstić information content (AvgIpc) is 2.38. The van der Waals surface area contributed by atoms with Crippen LogP contribution in [0.1, 0.15) is 28.9 Å². The van der Waals surface area contributed by atoms with Crippen molar-refractivity contribution < 1.29 is 4.79 Å². The number of nitrogens with one attached hydrogen (secondary N) is 1. The Morgan fingerprint density at radius 3 is 3.06 bits per heavy atom. The van der Waals surface area contributed by atoms with Crippen LogP contribution in [0.2, 0.25) is 0 Å². The minimum absolute atomic E-state index is 0.189. The lowest BCUT2D eigenvalue weighted by atomic mass is 9.99. The first-order valence-corrected chi connectivity index (χ1v) is 6.70. The Balaban J connectivity index is 2.18. The second-order valence-corrected chi connectivity index (χ2v) is 5.12. The van der Waals surface area contributed by atoms with Crippen molar-refractivity contribution in [1.82, 2.24) is 9.88 Å². The van der Waals surface area contributed by atoms with Crippen molar-refractivity contribution in [2.24, 2.45) is 5.92 Å². The maximum absolute atomic E-state index is 12.3. The van der Waals surface area contributed by atoms with Crippen LogP contribution in [0.25, 0.3) is 0 Å². The Bertz CT molecular complexity index is 498. The van der Waals surface area contributed by atoms with E-state index in [0.29, 0.717) is 24.9 Å². The molecule has 0 saturated carbocycles. The van der Waals surface area contributed by atoms with E-state index in [1.807, 2.05) is 0 Å². The van der Waals surface area contributed by atoms with E-state index in [2.05, 4.69) is 4.98 Å². The van der Waals surface area contributed by atoms with Crippen LogP contribution in [0.3, 0.4) is 0 Å². The summed E-state index contributed by atoms with van der Waals surface area (Å²) in [6, 6.07) is 1.45. The largest absolute Gasteiger partial charge is 0.364 e. The fraction of sp³-hybridized carbons (Fsp3) is 0.538. The Morgan fingerprint density at radius 2 is 2.39 bits per heavy atom. The fourth-order valence-electron chi connectivity index (χ4n) is 2.29. The number of aryl methyl sites for hydroxylation is 1. The number of amides is 1. The highest BCUT2D eigenvalue weighted by Gasteiger charge is 2.25. The van der Waals surface area contributed by atoms with Crippen LogP contribution >= 0.6 is 11.6 Å². The number of hydrogen-bond acceptors (Lipinski definition) is 2. The van der Waals surface area contributed by atoms with Crippen molar-refractivity contribution in [1.29, 1.82) is 0 Å². The number of aromatic nitrogens is 1. The molecule has 0 aliphatic carbocycles. The predicted octanol–water partition coefficient (Wildman–Crippen LogP) is 1.77. The van der Waals surface area contributed by atoms with Gasteiger partial charge < -0.3 is 9.88 Å². The number of piperidine rings is 1. The highest BCUT2D eigenvalue weighted by molar-refractivity contribution is 6.18. The van der Waals surface area contributed by atoms with Gasteiger partial charge in [-0.05, 0) is 25.7 Å². The minimum atomic E-state index is -0.218. The number of aromatic amines is 1. The molecule has 1 aliphatic rings. The summed E-state index contributed by atoms with van der Waals surface area (Å²) in [5.74, 6) is 0.716. The molecular formula is C13H17ClN2O2. The molecule has 1 fully saturated rings. The first kappa shape index (κ1) is 13.1. The van der Waals surface area contributed by atoms with Crippen molar-refractivity contribution in [3.8, 4) is 0 Å². The lowest BCUT2D eigenvalue weighted by Crippen LogP contribution is -2.42. The molecule has 5 heteroatoms. The number of halogens is 1. The van der Waals surface area contributed by atoms with Crippen molar-refractivity contribution >= 4 is 17.5 Å². The lowest BCUT2D eigenvalue weighted by molar-refractivity contribution is 0.0683. The molecule has 0 aromatic carbocycles. The second-order valence-electron chi connectivity index (χ2n) is 4.81. The molecule has 1 amide bonds. The van der Waals surface area contributed by atoms with Gasteiger partial charge in [0.05, 0.1) is 0 Å². The fourth-order valence-corrected chi connectivity index (χ4v) is 2.54. The maximum Gasteiger partial charge on any atom is 0.259 e. The van der Waals surface area contributed by atoms with Crippen LogP contribution < -0.4 is 5.43 Å². The smallest absolute Gasteiger partial charge is 0.259 e. The topological polar surface area (TPSA) is 53.2 Å². The summed E-state index contributed by atoms with van der Waals surface area (Å²) in [6.45, 7) is 3.15. The number of alkyl halides is 1. The van der Waals surface area contributed by atoms with Gasteiger partial charge in [0.2, 0.25) is 0 Å². The van der Waals surface area contributed by atoms with E-state index < -0.39 is 0 Å². The van der Waals surface area contributed by atoms with Gasteiger partial charge in [-0.25, -0.2) is 0 Å². The average molecular weight is 269 g/mol. The summed E-state index contributed by atoms with van der Waals surface area (Å²) in [4.78, 5) is 28.7. The number of likely N-dealkylation sites (tertiary alicyclic amines) is 1. The van der Waals surface area contributed by atoms with Crippen LogP contribution in [0.5, 0.6) is 0 Å². The molecule has 0 bridgehead atoms. The van der Waals surface area contributed by atoms with Gasteiger partial charge in [-0.2, -0.15) is 0 Å². The predicted molar refractivity (Wildman–Crippen MR) is 71.1 cm³/mol. The van der Waals surface area contributed by atoms with E-state index in [1.165, 1.54) is 12.3 Å². The molecule has 2 heterocycles. The zero-order valence-corrected chi connectivity index (χ0v) is 11.2. The van der Waals surface area contributed by atoms with Gasteiger partial charge in [-0.15, -0.1) is 11.6 Å². The molecule has 1 saturated heterocycles. The van der Waals surface area contributed by atoms with E-state index in [1.54, 1.807) is 11.8 Å². The van der Waals surface area contributed by atoms with E-state index in [4.69, 9.17) is 11.6 Å². The Labute approximate surface area is 111 Å². The molecule has 1 aromatic heterocycles.